The van der Waals surface area contributed by atoms with E-state index in [4.69, 9.17) is 5.11 Å². The summed E-state index contributed by atoms with van der Waals surface area (Å²) >= 11 is 3.25. The molecular formula is C13H9BrFN3O2. The molecule has 0 unspecified atom stereocenters. The van der Waals surface area contributed by atoms with Crippen molar-refractivity contribution in [1.29, 1.82) is 0 Å². The third-order valence-corrected chi connectivity index (χ3v) is 3.48. The van der Waals surface area contributed by atoms with E-state index in [1.807, 2.05) is 0 Å². The van der Waals surface area contributed by atoms with Crippen LogP contribution in [0.5, 0.6) is 0 Å². The first-order chi connectivity index (χ1) is 9.45. The van der Waals surface area contributed by atoms with Gasteiger partial charge in [-0.05, 0) is 25.1 Å². The van der Waals surface area contributed by atoms with Crippen LogP contribution in [0.3, 0.4) is 0 Å². The molecule has 0 atom stereocenters. The van der Waals surface area contributed by atoms with E-state index in [0.29, 0.717) is 21.4 Å². The van der Waals surface area contributed by atoms with Crippen LogP contribution in [0.1, 0.15) is 16.1 Å². The number of halogens is 2. The fourth-order valence-electron chi connectivity index (χ4n) is 2.13. The fourth-order valence-corrected chi connectivity index (χ4v) is 2.59. The minimum Gasteiger partial charge on any atom is -0.476 e. The number of aromatic amines is 1. The number of hydrogen-bond acceptors (Lipinski definition) is 2. The topological polar surface area (TPSA) is 70.4 Å². The number of aromatic carboxylic acids is 1. The van der Waals surface area contributed by atoms with Crippen molar-refractivity contribution in [3.63, 3.8) is 0 Å². The molecule has 0 saturated heterocycles. The van der Waals surface area contributed by atoms with Crippen LogP contribution in [-0.2, 0) is 0 Å². The summed E-state index contributed by atoms with van der Waals surface area (Å²) in [6.07, 6.45) is 1.39. The number of carbonyl (C=O) groups is 1. The molecule has 5 nitrogen and oxygen atoms in total. The summed E-state index contributed by atoms with van der Waals surface area (Å²) in [4.78, 5) is 14.9. The highest BCUT2D eigenvalue weighted by atomic mass is 79.9. The highest BCUT2D eigenvalue weighted by molar-refractivity contribution is 9.10. The van der Waals surface area contributed by atoms with E-state index < -0.39 is 5.97 Å². The maximum Gasteiger partial charge on any atom is 0.356 e. The van der Waals surface area contributed by atoms with Gasteiger partial charge in [-0.1, -0.05) is 15.9 Å². The maximum atomic E-state index is 13.5. The van der Waals surface area contributed by atoms with Gasteiger partial charge in [-0.25, -0.2) is 18.7 Å². The molecule has 1 aromatic carbocycles. The van der Waals surface area contributed by atoms with Crippen LogP contribution < -0.4 is 0 Å². The SMILES string of the molecule is Cc1c(-c2cc(F)cc(Br)c2)[nH]n2cc(C(=O)O)nc12. The third kappa shape index (κ3) is 2.00. The second-order valence-corrected chi connectivity index (χ2v) is 5.31. The molecule has 2 aromatic heterocycles. The number of fused-ring (bicyclic) bond motifs is 1. The molecular weight excluding hydrogens is 329 g/mol. The molecule has 0 fully saturated rings. The van der Waals surface area contributed by atoms with Crippen molar-refractivity contribution in [1.82, 2.24) is 14.6 Å². The van der Waals surface area contributed by atoms with Crippen LogP contribution in [0.4, 0.5) is 4.39 Å². The summed E-state index contributed by atoms with van der Waals surface area (Å²) in [5.41, 5.74) is 2.60. The zero-order chi connectivity index (χ0) is 14.4. The summed E-state index contributed by atoms with van der Waals surface area (Å²) in [5.74, 6) is -1.44. The summed E-state index contributed by atoms with van der Waals surface area (Å²) in [6.45, 7) is 1.80. The molecule has 0 spiro atoms. The Labute approximate surface area is 121 Å². The number of benzene rings is 1. The van der Waals surface area contributed by atoms with E-state index in [2.05, 4.69) is 26.0 Å². The van der Waals surface area contributed by atoms with Crippen molar-refractivity contribution >= 4 is 27.5 Å². The number of carboxylic acid groups (broad SMARTS) is 1. The smallest absolute Gasteiger partial charge is 0.356 e. The number of rotatable bonds is 2. The Morgan fingerprint density at radius 2 is 2.20 bits per heavy atom. The van der Waals surface area contributed by atoms with E-state index in [-0.39, 0.29) is 11.5 Å². The molecule has 0 aliphatic heterocycles. The Bertz CT molecular complexity index is 817. The number of carboxylic acids is 1. The van der Waals surface area contributed by atoms with Crippen molar-refractivity contribution < 1.29 is 14.3 Å². The summed E-state index contributed by atoms with van der Waals surface area (Å²) < 4.78 is 15.6. The Hall–Kier alpha value is -2.15. The lowest BCUT2D eigenvalue weighted by atomic mass is 10.1. The highest BCUT2D eigenvalue weighted by Crippen LogP contribution is 2.28. The average molecular weight is 338 g/mol. The van der Waals surface area contributed by atoms with Gasteiger partial charge in [0.25, 0.3) is 0 Å². The number of aromatic nitrogens is 3. The Morgan fingerprint density at radius 1 is 1.45 bits per heavy atom. The van der Waals surface area contributed by atoms with Gasteiger partial charge in [0.15, 0.2) is 11.3 Å². The van der Waals surface area contributed by atoms with Crippen LogP contribution in [0.2, 0.25) is 0 Å². The highest BCUT2D eigenvalue weighted by Gasteiger charge is 2.16. The quantitative estimate of drug-likeness (QED) is 0.754. The monoisotopic (exact) mass is 337 g/mol. The van der Waals surface area contributed by atoms with E-state index in [0.717, 1.165) is 5.56 Å². The number of hydrogen-bond donors (Lipinski definition) is 2. The van der Waals surface area contributed by atoms with Crippen molar-refractivity contribution in [3.8, 4) is 11.3 Å². The van der Waals surface area contributed by atoms with Gasteiger partial charge >= 0.3 is 5.97 Å². The van der Waals surface area contributed by atoms with Crippen molar-refractivity contribution in [2.45, 2.75) is 6.92 Å². The van der Waals surface area contributed by atoms with E-state index in [1.165, 1.54) is 22.8 Å². The van der Waals surface area contributed by atoms with Crippen molar-refractivity contribution in [2.24, 2.45) is 0 Å². The van der Waals surface area contributed by atoms with Gasteiger partial charge in [0, 0.05) is 15.6 Å². The van der Waals surface area contributed by atoms with Crippen LogP contribution in [0.15, 0.2) is 28.9 Å². The summed E-state index contributed by atoms with van der Waals surface area (Å²) in [7, 11) is 0. The van der Waals surface area contributed by atoms with Crippen LogP contribution >= 0.6 is 15.9 Å². The molecule has 0 amide bonds. The first-order valence-electron chi connectivity index (χ1n) is 5.73. The third-order valence-electron chi connectivity index (χ3n) is 3.02. The molecule has 0 saturated carbocycles. The second kappa shape index (κ2) is 4.45. The lowest BCUT2D eigenvalue weighted by Gasteiger charge is -2.01. The van der Waals surface area contributed by atoms with Gasteiger partial charge < -0.3 is 5.11 Å². The molecule has 0 aliphatic rings. The summed E-state index contributed by atoms with van der Waals surface area (Å²) in [5, 5.41) is 11.9. The first kappa shape index (κ1) is 12.9. The maximum absolute atomic E-state index is 13.5. The Morgan fingerprint density at radius 3 is 2.80 bits per heavy atom. The largest absolute Gasteiger partial charge is 0.476 e. The van der Waals surface area contributed by atoms with Crippen molar-refractivity contribution in [3.05, 3.63) is 45.9 Å². The average Bonchev–Trinajstić information content (AvgIpc) is 2.88. The zero-order valence-corrected chi connectivity index (χ0v) is 11.9. The lowest BCUT2D eigenvalue weighted by Crippen LogP contribution is -1.96. The molecule has 0 bridgehead atoms. The molecule has 2 heterocycles. The number of aryl methyl sites for hydroxylation is 1. The minimum absolute atomic E-state index is 0.0358. The standard InChI is InChI=1S/C13H9BrFN3O2/c1-6-11(7-2-8(14)4-9(15)3-7)17-18-5-10(13(19)20)16-12(6)18/h2-5,17H,1H3,(H,19,20). The molecule has 102 valence electrons. The second-order valence-electron chi connectivity index (χ2n) is 4.39. The fraction of sp³-hybridized carbons (Fsp3) is 0.0769. The molecule has 0 radical (unpaired) electrons. The molecule has 7 heteroatoms. The predicted molar refractivity (Wildman–Crippen MR) is 74.3 cm³/mol. The number of nitrogens with one attached hydrogen (secondary N) is 1. The molecule has 2 N–H and O–H groups in total. The van der Waals surface area contributed by atoms with Crippen molar-refractivity contribution in [2.75, 3.05) is 0 Å². The van der Waals surface area contributed by atoms with E-state index in [1.54, 1.807) is 13.0 Å². The van der Waals surface area contributed by atoms with Gasteiger partial charge in [0.1, 0.15) is 5.82 Å². The molecule has 0 aliphatic carbocycles. The number of imidazole rings is 1. The normalized spacial score (nSPS) is 11.2. The zero-order valence-electron chi connectivity index (χ0n) is 10.3. The predicted octanol–water partition coefficient (Wildman–Crippen LogP) is 3.24. The van der Waals surface area contributed by atoms with Gasteiger partial charge in [0.2, 0.25) is 0 Å². The van der Waals surface area contributed by atoms with Gasteiger partial charge in [-0.3, -0.25) is 5.10 Å². The first-order valence-corrected chi connectivity index (χ1v) is 6.52. The van der Waals surface area contributed by atoms with E-state index >= 15 is 0 Å². The van der Waals surface area contributed by atoms with Gasteiger partial charge in [0.05, 0.1) is 11.9 Å². The lowest BCUT2D eigenvalue weighted by molar-refractivity contribution is 0.0691. The Kier molecular flexibility index (Phi) is 2.86. The molecule has 3 aromatic rings. The van der Waals surface area contributed by atoms with Crippen LogP contribution in [0.25, 0.3) is 16.9 Å². The minimum atomic E-state index is -1.09. The molecule has 20 heavy (non-hydrogen) atoms. The Balaban J connectivity index is 2.19. The molecule has 3 rings (SSSR count). The van der Waals surface area contributed by atoms with Gasteiger partial charge in [-0.15, -0.1) is 0 Å². The summed E-state index contributed by atoms with van der Waals surface area (Å²) in [6, 6.07) is 4.55. The van der Waals surface area contributed by atoms with Gasteiger partial charge in [-0.2, -0.15) is 0 Å². The number of H-pyrrole nitrogens is 1. The van der Waals surface area contributed by atoms with Crippen LogP contribution in [-0.4, -0.2) is 25.7 Å². The number of nitrogens with zero attached hydrogens (tertiary/aromatic N) is 2. The van der Waals surface area contributed by atoms with E-state index in [9.17, 15) is 9.18 Å². The van der Waals surface area contributed by atoms with Crippen LogP contribution in [0, 0.1) is 12.7 Å².